The van der Waals surface area contributed by atoms with Crippen molar-refractivity contribution in [3.63, 3.8) is 0 Å². The summed E-state index contributed by atoms with van der Waals surface area (Å²) in [7, 11) is 0. The van der Waals surface area contributed by atoms with Gasteiger partial charge in [0.2, 0.25) is 0 Å². The third-order valence-electron chi connectivity index (χ3n) is 3.52. The van der Waals surface area contributed by atoms with E-state index >= 15 is 0 Å². The maximum atomic E-state index is 12.0. The molecule has 2 unspecified atom stereocenters. The number of rotatable bonds is 5. The first-order valence-corrected chi connectivity index (χ1v) is 6.28. The highest BCUT2D eigenvalue weighted by Gasteiger charge is 2.42. The van der Waals surface area contributed by atoms with Crippen molar-refractivity contribution in [1.29, 1.82) is 0 Å². The maximum absolute atomic E-state index is 12.0. The largest absolute Gasteiger partial charge is 0.378 e. The van der Waals surface area contributed by atoms with Crippen molar-refractivity contribution in [2.24, 2.45) is 11.7 Å². The normalized spacial score (nSPS) is 33.1. The highest BCUT2D eigenvalue weighted by Crippen LogP contribution is 2.36. The second kappa shape index (κ2) is 5.91. The fraction of sp³-hybridized carbons (Fsp3) is 0.917. The molecule has 2 saturated heterocycles. The van der Waals surface area contributed by atoms with Crippen molar-refractivity contribution in [3.05, 3.63) is 0 Å². The Morgan fingerprint density at radius 1 is 1.47 bits per heavy atom. The molecule has 2 aliphatic rings. The van der Waals surface area contributed by atoms with Gasteiger partial charge in [0.05, 0.1) is 18.8 Å². The van der Waals surface area contributed by atoms with Gasteiger partial charge < -0.3 is 19.9 Å². The van der Waals surface area contributed by atoms with Crippen LogP contribution in [0.3, 0.4) is 0 Å². The third-order valence-corrected chi connectivity index (χ3v) is 3.52. The van der Waals surface area contributed by atoms with Crippen LogP contribution in [0.15, 0.2) is 0 Å². The minimum atomic E-state index is -0.202. The zero-order valence-corrected chi connectivity index (χ0v) is 10.2. The molecule has 0 aromatic rings. The van der Waals surface area contributed by atoms with Crippen LogP contribution >= 0.6 is 0 Å². The molecule has 0 saturated carbocycles. The number of hydrogen-bond acceptors (Lipinski definition) is 5. The van der Waals surface area contributed by atoms with Crippen molar-refractivity contribution >= 4 is 5.78 Å². The number of hydrogen-bond donors (Lipinski definition) is 1. The molecule has 17 heavy (non-hydrogen) atoms. The van der Waals surface area contributed by atoms with Gasteiger partial charge in [-0.05, 0) is 12.8 Å². The number of ketones is 1. The van der Waals surface area contributed by atoms with Gasteiger partial charge in [-0.15, -0.1) is 0 Å². The fourth-order valence-corrected chi connectivity index (χ4v) is 2.54. The Labute approximate surface area is 102 Å². The van der Waals surface area contributed by atoms with Gasteiger partial charge in [0.1, 0.15) is 6.61 Å². The SMILES string of the molecule is NCCOCC(=O)C1CCOC2(CCOC2)C1. The average molecular weight is 243 g/mol. The predicted octanol–water partition coefficient (Wildman–Crippen LogP) is 0.116. The van der Waals surface area contributed by atoms with E-state index < -0.39 is 0 Å². The van der Waals surface area contributed by atoms with E-state index in [-0.39, 0.29) is 23.9 Å². The molecular formula is C12H21NO4. The molecule has 0 bridgehead atoms. The first-order valence-electron chi connectivity index (χ1n) is 6.28. The van der Waals surface area contributed by atoms with Crippen molar-refractivity contribution in [2.45, 2.75) is 24.9 Å². The quantitative estimate of drug-likeness (QED) is 0.694. The Balaban J connectivity index is 1.82. The Kier molecular flexibility index (Phi) is 4.50. The summed E-state index contributed by atoms with van der Waals surface area (Å²) in [6, 6.07) is 0. The zero-order chi connectivity index (χ0) is 12.1. The van der Waals surface area contributed by atoms with Gasteiger partial charge in [-0.2, -0.15) is 0 Å². The van der Waals surface area contributed by atoms with E-state index in [2.05, 4.69) is 0 Å². The lowest BCUT2D eigenvalue weighted by Gasteiger charge is -2.36. The number of ether oxygens (including phenoxy) is 3. The molecule has 0 aromatic heterocycles. The second-order valence-corrected chi connectivity index (χ2v) is 4.83. The summed E-state index contributed by atoms with van der Waals surface area (Å²) in [5, 5.41) is 0. The Morgan fingerprint density at radius 2 is 2.35 bits per heavy atom. The highest BCUT2D eigenvalue weighted by atomic mass is 16.6. The van der Waals surface area contributed by atoms with E-state index in [9.17, 15) is 4.79 Å². The molecule has 0 aromatic carbocycles. The first kappa shape index (κ1) is 13.0. The fourth-order valence-electron chi connectivity index (χ4n) is 2.54. The second-order valence-electron chi connectivity index (χ2n) is 4.83. The number of Topliss-reactive ketones (excluding diaryl/α,β-unsaturated/α-hetero) is 1. The lowest BCUT2D eigenvalue weighted by atomic mass is 9.83. The van der Waals surface area contributed by atoms with Crippen molar-refractivity contribution in [2.75, 3.05) is 39.6 Å². The summed E-state index contributed by atoms with van der Waals surface area (Å²) in [5.74, 6) is 0.233. The summed E-state index contributed by atoms with van der Waals surface area (Å²) < 4.78 is 16.4. The van der Waals surface area contributed by atoms with Crippen LogP contribution in [0, 0.1) is 5.92 Å². The van der Waals surface area contributed by atoms with Crippen LogP contribution in [-0.4, -0.2) is 51.0 Å². The van der Waals surface area contributed by atoms with Crippen LogP contribution < -0.4 is 5.73 Å². The summed E-state index contributed by atoms with van der Waals surface area (Å²) in [5.41, 5.74) is 5.11. The van der Waals surface area contributed by atoms with Crippen LogP contribution in [0.5, 0.6) is 0 Å². The molecule has 5 nitrogen and oxygen atoms in total. The first-order chi connectivity index (χ1) is 8.26. The van der Waals surface area contributed by atoms with Gasteiger partial charge in [-0.25, -0.2) is 0 Å². The minimum Gasteiger partial charge on any atom is -0.378 e. The van der Waals surface area contributed by atoms with Crippen molar-refractivity contribution in [3.8, 4) is 0 Å². The summed E-state index contributed by atoms with van der Waals surface area (Å²) in [6.45, 7) is 3.10. The summed E-state index contributed by atoms with van der Waals surface area (Å²) in [6.07, 6.45) is 2.48. The lowest BCUT2D eigenvalue weighted by Crippen LogP contribution is -2.43. The molecule has 98 valence electrons. The lowest BCUT2D eigenvalue weighted by molar-refractivity contribution is -0.141. The smallest absolute Gasteiger partial charge is 0.161 e. The topological polar surface area (TPSA) is 70.8 Å². The Morgan fingerprint density at radius 3 is 3.06 bits per heavy atom. The van der Waals surface area contributed by atoms with Crippen LogP contribution in [0.2, 0.25) is 0 Å². The molecule has 2 fully saturated rings. The molecule has 0 amide bonds. The molecule has 2 rings (SSSR count). The number of carbonyl (C=O) groups excluding carboxylic acids is 1. The van der Waals surface area contributed by atoms with Crippen LogP contribution in [0.1, 0.15) is 19.3 Å². The Hall–Kier alpha value is -0.490. The van der Waals surface area contributed by atoms with E-state index in [0.717, 1.165) is 25.9 Å². The molecule has 1 spiro atoms. The zero-order valence-electron chi connectivity index (χ0n) is 10.2. The molecule has 0 aliphatic carbocycles. The van der Waals surface area contributed by atoms with Crippen LogP contribution in [0.25, 0.3) is 0 Å². The van der Waals surface area contributed by atoms with Gasteiger partial charge in [-0.3, -0.25) is 4.79 Å². The van der Waals surface area contributed by atoms with Gasteiger partial charge in [0, 0.05) is 32.1 Å². The maximum Gasteiger partial charge on any atom is 0.161 e. The van der Waals surface area contributed by atoms with E-state index in [1.165, 1.54) is 0 Å². The number of carbonyl (C=O) groups is 1. The van der Waals surface area contributed by atoms with Gasteiger partial charge in [0.15, 0.2) is 5.78 Å². The highest BCUT2D eigenvalue weighted by molar-refractivity contribution is 5.82. The van der Waals surface area contributed by atoms with Crippen molar-refractivity contribution in [1.82, 2.24) is 0 Å². The standard InChI is InChI=1S/C12H21NO4/c13-3-6-15-8-11(14)10-1-4-17-12(7-10)2-5-16-9-12/h10H,1-9,13H2. The van der Waals surface area contributed by atoms with E-state index in [0.29, 0.717) is 26.4 Å². The Bertz CT molecular complexity index is 263. The molecule has 5 heteroatoms. The third kappa shape index (κ3) is 3.25. The monoisotopic (exact) mass is 243 g/mol. The van der Waals surface area contributed by atoms with Gasteiger partial charge >= 0.3 is 0 Å². The predicted molar refractivity (Wildman–Crippen MR) is 61.7 cm³/mol. The minimum absolute atomic E-state index is 0.0585. The number of nitrogens with two attached hydrogens (primary N) is 1. The van der Waals surface area contributed by atoms with Crippen LogP contribution in [-0.2, 0) is 19.0 Å². The van der Waals surface area contributed by atoms with Crippen LogP contribution in [0.4, 0.5) is 0 Å². The molecule has 0 radical (unpaired) electrons. The van der Waals surface area contributed by atoms with Gasteiger partial charge in [-0.1, -0.05) is 0 Å². The molecule has 2 atom stereocenters. The van der Waals surface area contributed by atoms with E-state index in [1.807, 2.05) is 0 Å². The molecule has 2 heterocycles. The molecule has 2 aliphatic heterocycles. The van der Waals surface area contributed by atoms with Gasteiger partial charge in [0.25, 0.3) is 0 Å². The summed E-state index contributed by atoms with van der Waals surface area (Å²) in [4.78, 5) is 12.0. The molecular weight excluding hydrogens is 222 g/mol. The van der Waals surface area contributed by atoms with E-state index in [1.54, 1.807) is 0 Å². The van der Waals surface area contributed by atoms with E-state index in [4.69, 9.17) is 19.9 Å². The van der Waals surface area contributed by atoms with Crippen molar-refractivity contribution < 1.29 is 19.0 Å². The average Bonchev–Trinajstić information content (AvgIpc) is 2.77. The summed E-state index contributed by atoms with van der Waals surface area (Å²) >= 11 is 0. The molecule has 2 N–H and O–H groups in total.